The Kier molecular flexibility index (Phi) is 3.65. The van der Waals surface area contributed by atoms with Crippen LogP contribution in [0.4, 0.5) is 4.39 Å². The Bertz CT molecular complexity index is 603. The maximum absolute atomic E-state index is 14.1. The lowest BCUT2D eigenvalue weighted by Crippen LogP contribution is -2.04. The molecule has 0 aromatic heterocycles. The van der Waals surface area contributed by atoms with Crippen molar-refractivity contribution < 1.29 is 14.3 Å². The van der Waals surface area contributed by atoms with Gasteiger partial charge >= 0.3 is 0 Å². The topological polar surface area (TPSA) is 37.3 Å². The fourth-order valence-corrected chi connectivity index (χ4v) is 1.91. The fourth-order valence-electron chi connectivity index (χ4n) is 1.91. The molecule has 0 saturated heterocycles. The van der Waals surface area contributed by atoms with E-state index in [1.54, 1.807) is 31.2 Å². The van der Waals surface area contributed by atoms with Crippen molar-refractivity contribution in [1.29, 1.82) is 0 Å². The van der Waals surface area contributed by atoms with E-state index < -0.39 is 0 Å². The van der Waals surface area contributed by atoms with Crippen molar-refractivity contribution in [3.63, 3.8) is 0 Å². The molecule has 0 aliphatic carbocycles. The second-order valence-corrected chi connectivity index (χ2v) is 4.62. The highest BCUT2D eigenvalue weighted by molar-refractivity contribution is 5.83. The van der Waals surface area contributed by atoms with Crippen LogP contribution in [0.25, 0.3) is 11.1 Å². The number of benzene rings is 2. The van der Waals surface area contributed by atoms with Gasteiger partial charge in [0.2, 0.25) is 0 Å². The van der Waals surface area contributed by atoms with Crippen molar-refractivity contribution in [2.24, 2.45) is 0 Å². The first kappa shape index (κ1) is 13.3. The van der Waals surface area contributed by atoms with Gasteiger partial charge < -0.3 is 5.11 Å². The molecule has 0 saturated carbocycles. The number of hydrogen-bond donors (Lipinski definition) is 1. The summed E-state index contributed by atoms with van der Waals surface area (Å²) in [5.74, 6) is -0.512. The molecule has 0 fully saturated rings. The van der Waals surface area contributed by atoms with Crippen molar-refractivity contribution in [3.05, 3.63) is 53.8 Å². The summed E-state index contributed by atoms with van der Waals surface area (Å²) in [6.45, 7) is 3.26. The molecule has 0 heterocycles. The Labute approximate surface area is 111 Å². The van der Waals surface area contributed by atoms with E-state index in [9.17, 15) is 14.3 Å². The highest BCUT2D eigenvalue weighted by atomic mass is 19.1. The van der Waals surface area contributed by atoms with E-state index in [-0.39, 0.29) is 23.3 Å². The quantitative estimate of drug-likeness (QED) is 0.906. The molecule has 2 rings (SSSR count). The minimum atomic E-state index is -0.365. The lowest BCUT2D eigenvalue weighted by molar-refractivity contribution is -0.118. The smallest absolute Gasteiger partial charge is 0.136 e. The Balaban J connectivity index is 2.39. The molecular weight excluding hydrogens is 243 g/mol. The molecule has 1 N–H and O–H groups in total. The third kappa shape index (κ3) is 2.81. The van der Waals surface area contributed by atoms with E-state index in [0.29, 0.717) is 16.7 Å². The molecule has 0 amide bonds. The van der Waals surface area contributed by atoms with Crippen LogP contribution >= 0.6 is 0 Å². The summed E-state index contributed by atoms with van der Waals surface area (Å²) < 4.78 is 14.1. The molecule has 3 heteroatoms. The number of carbonyl (C=O) groups excluding carboxylic acids is 1. The van der Waals surface area contributed by atoms with Gasteiger partial charge in [-0.1, -0.05) is 31.2 Å². The summed E-state index contributed by atoms with van der Waals surface area (Å²) in [6.07, 6.45) is 0. The number of rotatable bonds is 3. The fraction of sp³-hybridized carbons (Fsp3) is 0.188. The zero-order chi connectivity index (χ0) is 14.0. The second-order valence-electron chi connectivity index (χ2n) is 4.62. The van der Waals surface area contributed by atoms with Gasteiger partial charge in [-0.2, -0.15) is 0 Å². The van der Waals surface area contributed by atoms with Crippen molar-refractivity contribution in [1.82, 2.24) is 0 Å². The van der Waals surface area contributed by atoms with Crippen LogP contribution in [0.1, 0.15) is 25.3 Å². The number of phenols is 1. The molecule has 1 unspecified atom stereocenters. The Morgan fingerprint density at radius 1 is 1.16 bits per heavy atom. The van der Waals surface area contributed by atoms with Gasteiger partial charge in [0.15, 0.2) is 0 Å². The first-order valence-electron chi connectivity index (χ1n) is 6.08. The molecular formula is C16H15FO2. The zero-order valence-corrected chi connectivity index (χ0v) is 10.9. The Morgan fingerprint density at radius 3 is 2.32 bits per heavy atom. The third-order valence-electron chi connectivity index (χ3n) is 3.28. The summed E-state index contributed by atoms with van der Waals surface area (Å²) in [5, 5.41) is 9.22. The van der Waals surface area contributed by atoms with Crippen LogP contribution < -0.4 is 0 Å². The van der Waals surface area contributed by atoms with E-state index in [2.05, 4.69) is 0 Å². The molecule has 0 aliphatic rings. The van der Waals surface area contributed by atoms with Gasteiger partial charge in [-0.25, -0.2) is 4.39 Å². The number of ketones is 1. The number of halogens is 1. The van der Waals surface area contributed by atoms with E-state index >= 15 is 0 Å². The van der Waals surface area contributed by atoms with Gasteiger partial charge in [0.1, 0.15) is 17.3 Å². The van der Waals surface area contributed by atoms with Crippen molar-refractivity contribution in [2.45, 2.75) is 19.8 Å². The van der Waals surface area contributed by atoms with Crippen LogP contribution in [-0.4, -0.2) is 10.9 Å². The van der Waals surface area contributed by atoms with E-state index in [1.165, 1.54) is 25.1 Å². The standard InChI is InChI=1S/C16H15FO2/c1-10(11(2)18)13-5-8-15(16(17)9-13)12-3-6-14(19)7-4-12/h3-10,19H,1-2H3. The van der Waals surface area contributed by atoms with Crippen molar-refractivity contribution in [2.75, 3.05) is 0 Å². The first-order valence-corrected chi connectivity index (χ1v) is 6.08. The number of carbonyl (C=O) groups is 1. The van der Waals surface area contributed by atoms with Crippen LogP contribution in [0, 0.1) is 5.82 Å². The summed E-state index contributed by atoms with van der Waals surface area (Å²) in [4.78, 5) is 11.3. The van der Waals surface area contributed by atoms with Gasteiger partial charge in [-0.3, -0.25) is 4.79 Å². The van der Waals surface area contributed by atoms with Crippen LogP contribution in [0.5, 0.6) is 5.75 Å². The molecule has 0 bridgehead atoms. The number of Topliss-reactive ketones (excluding diaryl/α,β-unsaturated/α-hetero) is 1. The second kappa shape index (κ2) is 5.22. The van der Waals surface area contributed by atoms with Crippen molar-refractivity contribution >= 4 is 5.78 Å². The third-order valence-corrected chi connectivity index (χ3v) is 3.28. The predicted octanol–water partition coefficient (Wildman–Crippen LogP) is 3.89. The molecule has 98 valence electrons. The lowest BCUT2D eigenvalue weighted by Gasteiger charge is -2.10. The Morgan fingerprint density at radius 2 is 1.79 bits per heavy atom. The largest absolute Gasteiger partial charge is 0.508 e. The first-order chi connectivity index (χ1) is 8.99. The lowest BCUT2D eigenvalue weighted by atomic mass is 9.94. The molecule has 1 atom stereocenters. The molecule has 2 aromatic carbocycles. The summed E-state index contributed by atoms with van der Waals surface area (Å²) in [6, 6.07) is 11.2. The molecule has 2 nitrogen and oxygen atoms in total. The van der Waals surface area contributed by atoms with E-state index in [0.717, 1.165) is 0 Å². The van der Waals surface area contributed by atoms with Crippen LogP contribution in [0.15, 0.2) is 42.5 Å². The van der Waals surface area contributed by atoms with Crippen LogP contribution in [0.2, 0.25) is 0 Å². The highest BCUT2D eigenvalue weighted by Crippen LogP contribution is 2.27. The highest BCUT2D eigenvalue weighted by Gasteiger charge is 2.13. The van der Waals surface area contributed by atoms with Gasteiger partial charge in [0.05, 0.1) is 0 Å². The SMILES string of the molecule is CC(=O)C(C)c1ccc(-c2ccc(O)cc2)c(F)c1. The van der Waals surface area contributed by atoms with E-state index in [1.807, 2.05) is 0 Å². The average Bonchev–Trinajstić information content (AvgIpc) is 2.39. The normalized spacial score (nSPS) is 12.2. The zero-order valence-electron chi connectivity index (χ0n) is 10.9. The van der Waals surface area contributed by atoms with Crippen LogP contribution in [0.3, 0.4) is 0 Å². The van der Waals surface area contributed by atoms with Crippen molar-refractivity contribution in [3.8, 4) is 16.9 Å². The van der Waals surface area contributed by atoms with Gasteiger partial charge in [0.25, 0.3) is 0 Å². The maximum atomic E-state index is 14.1. The maximum Gasteiger partial charge on any atom is 0.136 e. The Hall–Kier alpha value is -2.16. The number of hydrogen-bond acceptors (Lipinski definition) is 2. The monoisotopic (exact) mass is 258 g/mol. The van der Waals surface area contributed by atoms with Crippen LogP contribution in [-0.2, 0) is 4.79 Å². The van der Waals surface area contributed by atoms with E-state index in [4.69, 9.17) is 0 Å². The molecule has 19 heavy (non-hydrogen) atoms. The molecule has 2 aromatic rings. The molecule has 0 radical (unpaired) electrons. The van der Waals surface area contributed by atoms with Gasteiger partial charge in [0, 0.05) is 11.5 Å². The summed E-state index contributed by atoms with van der Waals surface area (Å²) >= 11 is 0. The molecule has 0 spiro atoms. The predicted molar refractivity (Wildman–Crippen MR) is 72.6 cm³/mol. The molecule has 0 aliphatic heterocycles. The minimum absolute atomic E-state index is 0.0109. The van der Waals surface area contributed by atoms with Gasteiger partial charge in [-0.05, 0) is 36.2 Å². The number of aromatic hydroxyl groups is 1. The summed E-state index contributed by atoms with van der Waals surface area (Å²) in [7, 11) is 0. The summed E-state index contributed by atoms with van der Waals surface area (Å²) in [5.41, 5.74) is 1.82. The average molecular weight is 258 g/mol. The number of phenolic OH excluding ortho intramolecular Hbond substituents is 1. The minimum Gasteiger partial charge on any atom is -0.508 e. The van der Waals surface area contributed by atoms with Gasteiger partial charge in [-0.15, -0.1) is 0 Å².